The van der Waals surface area contributed by atoms with Gasteiger partial charge in [0.05, 0.1) is 19.1 Å². The van der Waals surface area contributed by atoms with Crippen molar-refractivity contribution in [1.82, 2.24) is 4.90 Å². The molecule has 0 fully saturated rings. The van der Waals surface area contributed by atoms with Gasteiger partial charge in [-0.2, -0.15) is 5.26 Å². The van der Waals surface area contributed by atoms with E-state index in [1.165, 1.54) is 16.7 Å². The Morgan fingerprint density at radius 3 is 2.47 bits per heavy atom. The molecule has 0 spiro atoms. The average molecular weight is 260 g/mol. The maximum atomic E-state index is 9.02. The van der Waals surface area contributed by atoms with Gasteiger partial charge in [0.1, 0.15) is 5.75 Å². The van der Waals surface area contributed by atoms with Gasteiger partial charge in [0.25, 0.3) is 0 Å². The molecular weight excluding hydrogens is 236 g/mol. The van der Waals surface area contributed by atoms with Gasteiger partial charge in [-0.05, 0) is 44.5 Å². The van der Waals surface area contributed by atoms with Crippen LogP contribution in [0.3, 0.4) is 0 Å². The number of nitrogens with zero attached hydrogens (tertiary/aromatic N) is 2. The van der Waals surface area contributed by atoms with Crippen LogP contribution in [0.15, 0.2) is 12.1 Å². The molecule has 3 nitrogen and oxygen atoms in total. The molecule has 0 aliphatic carbocycles. The zero-order chi connectivity index (χ0) is 14.4. The first-order valence-electron chi connectivity index (χ1n) is 6.74. The van der Waals surface area contributed by atoms with E-state index >= 15 is 0 Å². The second-order valence-corrected chi connectivity index (χ2v) is 5.18. The van der Waals surface area contributed by atoms with E-state index in [4.69, 9.17) is 10.00 Å². The second kappa shape index (κ2) is 7.16. The van der Waals surface area contributed by atoms with Gasteiger partial charge in [-0.1, -0.05) is 13.0 Å². The lowest BCUT2D eigenvalue weighted by molar-refractivity contribution is 0.286. The average Bonchev–Trinajstić information content (AvgIpc) is 2.39. The van der Waals surface area contributed by atoms with E-state index < -0.39 is 0 Å². The minimum absolute atomic E-state index is 0.0996. The van der Waals surface area contributed by atoms with Gasteiger partial charge in [-0.15, -0.1) is 0 Å². The van der Waals surface area contributed by atoms with Gasteiger partial charge < -0.3 is 9.64 Å². The summed E-state index contributed by atoms with van der Waals surface area (Å²) in [4.78, 5) is 2.18. The van der Waals surface area contributed by atoms with E-state index in [9.17, 15) is 0 Å². The molecule has 0 saturated heterocycles. The van der Waals surface area contributed by atoms with E-state index in [1.807, 2.05) is 0 Å². The van der Waals surface area contributed by atoms with Crippen molar-refractivity contribution in [3.63, 3.8) is 0 Å². The predicted octanol–water partition coefficient (Wildman–Crippen LogP) is 3.29. The van der Waals surface area contributed by atoms with Crippen LogP contribution in [-0.4, -0.2) is 25.6 Å². The van der Waals surface area contributed by atoms with Gasteiger partial charge in [0.2, 0.25) is 0 Å². The smallest absolute Gasteiger partial charge is 0.123 e. The molecule has 1 aromatic rings. The summed E-state index contributed by atoms with van der Waals surface area (Å²) in [6, 6.07) is 6.61. The molecule has 0 aromatic heterocycles. The Hall–Kier alpha value is -1.53. The van der Waals surface area contributed by atoms with Crippen molar-refractivity contribution < 1.29 is 4.74 Å². The van der Waals surface area contributed by atoms with Crippen molar-refractivity contribution in [3.05, 3.63) is 28.8 Å². The molecule has 104 valence electrons. The van der Waals surface area contributed by atoms with E-state index in [0.29, 0.717) is 0 Å². The number of hydrogen-bond acceptors (Lipinski definition) is 3. The number of hydrogen-bond donors (Lipinski definition) is 0. The highest BCUT2D eigenvalue weighted by atomic mass is 16.5. The fourth-order valence-corrected chi connectivity index (χ4v) is 2.16. The van der Waals surface area contributed by atoms with Crippen molar-refractivity contribution in [2.75, 3.05) is 20.7 Å². The quantitative estimate of drug-likeness (QED) is 0.787. The minimum atomic E-state index is 0.0996. The molecule has 0 amide bonds. The summed E-state index contributed by atoms with van der Waals surface area (Å²) in [5.41, 5.74) is 3.70. The van der Waals surface area contributed by atoms with Crippen LogP contribution in [0.4, 0.5) is 0 Å². The zero-order valence-electron chi connectivity index (χ0n) is 12.7. The van der Waals surface area contributed by atoms with Crippen LogP contribution in [0.1, 0.15) is 30.0 Å². The molecule has 3 heteroatoms. The monoisotopic (exact) mass is 260 g/mol. The lowest BCUT2D eigenvalue weighted by Gasteiger charge is -2.21. The lowest BCUT2D eigenvalue weighted by Crippen LogP contribution is -2.24. The summed E-state index contributed by atoms with van der Waals surface area (Å²) >= 11 is 0. The van der Waals surface area contributed by atoms with Crippen LogP contribution in [0, 0.1) is 31.1 Å². The largest absolute Gasteiger partial charge is 0.496 e. The first-order valence-corrected chi connectivity index (χ1v) is 6.74. The summed E-state index contributed by atoms with van der Waals surface area (Å²) in [6.45, 7) is 7.86. The Labute approximate surface area is 116 Å². The standard InChI is InChI=1S/C16H24N2O/c1-6-14(9-17)10-18(4)11-15-7-12(2)13(3)8-16(15)19-5/h7-8,14H,6,10-11H2,1-5H3. The third kappa shape index (κ3) is 4.25. The highest BCUT2D eigenvalue weighted by Crippen LogP contribution is 2.24. The molecule has 0 N–H and O–H groups in total. The molecule has 1 rings (SSSR count). The minimum Gasteiger partial charge on any atom is -0.496 e. The highest BCUT2D eigenvalue weighted by molar-refractivity contribution is 5.41. The maximum absolute atomic E-state index is 9.02. The van der Waals surface area contributed by atoms with Crippen LogP contribution in [0.25, 0.3) is 0 Å². The van der Waals surface area contributed by atoms with Crippen LogP contribution in [0.2, 0.25) is 0 Å². The summed E-state index contributed by atoms with van der Waals surface area (Å²) in [6.07, 6.45) is 0.894. The normalized spacial score (nSPS) is 12.3. The van der Waals surface area contributed by atoms with Gasteiger partial charge >= 0.3 is 0 Å². The van der Waals surface area contributed by atoms with Gasteiger partial charge in [0.15, 0.2) is 0 Å². The Bertz CT molecular complexity index is 463. The SMILES string of the molecule is CCC(C#N)CN(C)Cc1cc(C)c(C)cc1OC. The third-order valence-electron chi connectivity index (χ3n) is 3.54. The number of ether oxygens (including phenoxy) is 1. The highest BCUT2D eigenvalue weighted by Gasteiger charge is 2.12. The van der Waals surface area contributed by atoms with Gasteiger partial charge in [-0.25, -0.2) is 0 Å². The van der Waals surface area contributed by atoms with Gasteiger partial charge in [0, 0.05) is 18.7 Å². The Morgan fingerprint density at radius 2 is 1.95 bits per heavy atom. The lowest BCUT2D eigenvalue weighted by atomic mass is 10.0. The predicted molar refractivity (Wildman–Crippen MR) is 78.2 cm³/mol. The van der Waals surface area contributed by atoms with Crippen LogP contribution < -0.4 is 4.74 Å². The summed E-state index contributed by atoms with van der Waals surface area (Å²) < 4.78 is 5.45. The molecule has 0 aliphatic rings. The summed E-state index contributed by atoms with van der Waals surface area (Å²) in [7, 11) is 3.76. The number of aryl methyl sites for hydroxylation is 2. The molecule has 0 heterocycles. The number of nitriles is 1. The zero-order valence-corrected chi connectivity index (χ0v) is 12.7. The second-order valence-electron chi connectivity index (χ2n) is 5.18. The molecule has 0 radical (unpaired) electrons. The third-order valence-corrected chi connectivity index (χ3v) is 3.54. The molecule has 0 aliphatic heterocycles. The fraction of sp³-hybridized carbons (Fsp3) is 0.562. The molecule has 0 bridgehead atoms. The fourth-order valence-electron chi connectivity index (χ4n) is 2.16. The van der Waals surface area contributed by atoms with Crippen LogP contribution >= 0.6 is 0 Å². The molecule has 1 unspecified atom stereocenters. The first-order chi connectivity index (χ1) is 9.01. The van der Waals surface area contributed by atoms with Crippen LogP contribution in [0.5, 0.6) is 5.75 Å². The van der Waals surface area contributed by atoms with Crippen molar-refractivity contribution in [2.45, 2.75) is 33.7 Å². The summed E-state index contributed by atoms with van der Waals surface area (Å²) in [5, 5.41) is 9.02. The van der Waals surface area contributed by atoms with E-state index in [2.05, 4.69) is 50.9 Å². The molecule has 19 heavy (non-hydrogen) atoms. The molecule has 0 saturated carbocycles. The van der Waals surface area contributed by atoms with Crippen molar-refractivity contribution in [3.8, 4) is 11.8 Å². The van der Waals surface area contributed by atoms with Crippen molar-refractivity contribution >= 4 is 0 Å². The van der Waals surface area contributed by atoms with Crippen LogP contribution in [-0.2, 0) is 6.54 Å². The first kappa shape index (κ1) is 15.5. The topological polar surface area (TPSA) is 36.3 Å². The number of rotatable bonds is 6. The Morgan fingerprint density at radius 1 is 1.32 bits per heavy atom. The summed E-state index contributed by atoms with van der Waals surface area (Å²) in [5.74, 6) is 1.03. The van der Waals surface area contributed by atoms with E-state index in [-0.39, 0.29) is 5.92 Å². The molecular formula is C16H24N2O. The Kier molecular flexibility index (Phi) is 5.85. The Balaban J connectivity index is 2.81. The molecule has 1 atom stereocenters. The number of methoxy groups -OCH3 is 1. The van der Waals surface area contributed by atoms with E-state index in [1.54, 1.807) is 7.11 Å². The van der Waals surface area contributed by atoms with Gasteiger partial charge in [-0.3, -0.25) is 0 Å². The van der Waals surface area contributed by atoms with Crippen molar-refractivity contribution in [1.29, 1.82) is 5.26 Å². The molecule has 1 aromatic carbocycles. The maximum Gasteiger partial charge on any atom is 0.123 e. The van der Waals surface area contributed by atoms with E-state index in [0.717, 1.165) is 25.3 Å². The van der Waals surface area contributed by atoms with Crippen molar-refractivity contribution in [2.24, 2.45) is 5.92 Å². The number of benzene rings is 1.